The van der Waals surface area contributed by atoms with Crippen molar-refractivity contribution in [3.8, 4) is 0 Å². The van der Waals surface area contributed by atoms with Crippen LogP contribution in [-0.4, -0.2) is 35.0 Å². The van der Waals surface area contributed by atoms with Gasteiger partial charge in [-0.2, -0.15) is 11.8 Å². The van der Waals surface area contributed by atoms with E-state index in [0.29, 0.717) is 5.75 Å². The Morgan fingerprint density at radius 1 is 1.53 bits per heavy atom. The molecule has 0 spiro atoms. The van der Waals surface area contributed by atoms with Crippen molar-refractivity contribution in [2.45, 2.75) is 12.5 Å². The molecule has 5 nitrogen and oxygen atoms in total. The van der Waals surface area contributed by atoms with Gasteiger partial charge in [0.1, 0.15) is 11.9 Å². The lowest BCUT2D eigenvalue weighted by molar-refractivity contribution is -0.139. The number of carbonyl (C=O) groups excluding carboxylic acids is 1. The molecular formula is C12H15FN2O3S. The fraction of sp³-hybridized carbons (Fsp3) is 0.333. The highest BCUT2D eigenvalue weighted by Gasteiger charge is 2.21. The second kappa shape index (κ2) is 6.98. The number of carboxylic acids is 1. The van der Waals surface area contributed by atoms with Crippen molar-refractivity contribution in [1.82, 2.24) is 5.32 Å². The van der Waals surface area contributed by atoms with E-state index in [1.54, 1.807) is 0 Å². The SMILES string of the molecule is CSCC[C@H](NC(=O)c1cc(F)ccc1N)C(=O)O. The fourth-order valence-electron chi connectivity index (χ4n) is 1.45. The number of thioether (sulfide) groups is 1. The van der Waals surface area contributed by atoms with E-state index in [-0.39, 0.29) is 17.7 Å². The highest BCUT2D eigenvalue weighted by molar-refractivity contribution is 7.98. The minimum Gasteiger partial charge on any atom is -0.480 e. The van der Waals surface area contributed by atoms with Gasteiger partial charge in [-0.05, 0) is 36.6 Å². The van der Waals surface area contributed by atoms with Crippen molar-refractivity contribution in [1.29, 1.82) is 0 Å². The van der Waals surface area contributed by atoms with E-state index in [4.69, 9.17) is 10.8 Å². The number of nitrogens with two attached hydrogens (primary N) is 1. The summed E-state index contributed by atoms with van der Waals surface area (Å²) in [6.07, 6.45) is 2.13. The molecule has 1 aromatic carbocycles. The standard InChI is InChI=1S/C12H15FN2O3S/c1-19-5-4-10(12(17)18)15-11(16)8-6-7(13)2-3-9(8)14/h2-3,6,10H,4-5,14H2,1H3,(H,15,16)(H,17,18)/t10-/m0/s1. The number of anilines is 1. The van der Waals surface area contributed by atoms with Crippen LogP contribution in [0.15, 0.2) is 18.2 Å². The molecule has 1 aromatic rings. The first-order valence-electron chi connectivity index (χ1n) is 5.53. The second-order valence-corrected chi connectivity index (χ2v) is 4.86. The lowest BCUT2D eigenvalue weighted by Crippen LogP contribution is -2.41. The number of benzene rings is 1. The topological polar surface area (TPSA) is 92.4 Å². The molecule has 0 saturated heterocycles. The van der Waals surface area contributed by atoms with Crippen LogP contribution in [0, 0.1) is 5.82 Å². The van der Waals surface area contributed by atoms with Crippen LogP contribution >= 0.6 is 11.8 Å². The molecule has 1 rings (SSSR count). The second-order valence-electron chi connectivity index (χ2n) is 3.88. The van der Waals surface area contributed by atoms with Crippen molar-refractivity contribution in [2.75, 3.05) is 17.7 Å². The maximum Gasteiger partial charge on any atom is 0.326 e. The van der Waals surface area contributed by atoms with Crippen molar-refractivity contribution < 1.29 is 19.1 Å². The van der Waals surface area contributed by atoms with Crippen LogP contribution in [0.2, 0.25) is 0 Å². The van der Waals surface area contributed by atoms with Crippen molar-refractivity contribution in [2.24, 2.45) is 0 Å². The van der Waals surface area contributed by atoms with E-state index < -0.39 is 23.7 Å². The lowest BCUT2D eigenvalue weighted by Gasteiger charge is -2.14. The average molecular weight is 286 g/mol. The monoisotopic (exact) mass is 286 g/mol. The summed E-state index contributed by atoms with van der Waals surface area (Å²) in [5.41, 5.74) is 5.61. The number of aliphatic carboxylic acids is 1. The van der Waals surface area contributed by atoms with Crippen molar-refractivity contribution >= 4 is 29.3 Å². The Hall–Kier alpha value is -1.76. The molecule has 0 saturated carbocycles. The molecule has 1 amide bonds. The Morgan fingerprint density at radius 2 is 2.21 bits per heavy atom. The normalized spacial score (nSPS) is 11.9. The molecular weight excluding hydrogens is 271 g/mol. The number of hydrogen-bond acceptors (Lipinski definition) is 4. The smallest absolute Gasteiger partial charge is 0.326 e. The minimum atomic E-state index is -1.13. The number of hydrogen-bond donors (Lipinski definition) is 3. The number of amides is 1. The molecule has 0 aliphatic carbocycles. The molecule has 0 aliphatic rings. The molecule has 104 valence electrons. The number of carbonyl (C=O) groups is 2. The van der Waals surface area contributed by atoms with Gasteiger partial charge in [0.2, 0.25) is 0 Å². The first-order valence-corrected chi connectivity index (χ1v) is 6.92. The van der Waals surface area contributed by atoms with Gasteiger partial charge in [0.25, 0.3) is 5.91 Å². The van der Waals surface area contributed by atoms with E-state index in [0.717, 1.165) is 12.1 Å². The summed E-state index contributed by atoms with van der Waals surface area (Å²) >= 11 is 1.48. The van der Waals surface area contributed by atoms with Gasteiger partial charge >= 0.3 is 5.97 Å². The van der Waals surface area contributed by atoms with Crippen LogP contribution in [0.25, 0.3) is 0 Å². The van der Waals surface area contributed by atoms with Gasteiger partial charge in [-0.3, -0.25) is 4.79 Å². The van der Waals surface area contributed by atoms with Crippen LogP contribution < -0.4 is 11.1 Å². The molecule has 19 heavy (non-hydrogen) atoms. The van der Waals surface area contributed by atoms with Crippen molar-refractivity contribution in [3.05, 3.63) is 29.6 Å². The summed E-state index contributed by atoms with van der Waals surface area (Å²) in [6.45, 7) is 0. The van der Waals surface area contributed by atoms with Crippen LogP contribution in [-0.2, 0) is 4.79 Å². The largest absolute Gasteiger partial charge is 0.480 e. The Bertz CT molecular complexity index is 482. The molecule has 0 radical (unpaired) electrons. The first-order chi connectivity index (χ1) is 8.95. The average Bonchev–Trinajstić information content (AvgIpc) is 2.36. The molecule has 0 bridgehead atoms. The summed E-state index contributed by atoms with van der Waals surface area (Å²) in [4.78, 5) is 22.9. The van der Waals surface area contributed by atoms with Gasteiger partial charge < -0.3 is 16.2 Å². The van der Waals surface area contributed by atoms with Gasteiger partial charge in [0.15, 0.2) is 0 Å². The third kappa shape index (κ3) is 4.44. The number of halogens is 1. The molecule has 0 aromatic heterocycles. The predicted molar refractivity (Wildman–Crippen MR) is 72.7 cm³/mol. The zero-order chi connectivity index (χ0) is 14.4. The first kappa shape index (κ1) is 15.3. The molecule has 7 heteroatoms. The van der Waals surface area contributed by atoms with Gasteiger partial charge in [-0.1, -0.05) is 0 Å². The zero-order valence-electron chi connectivity index (χ0n) is 10.4. The highest BCUT2D eigenvalue weighted by atomic mass is 32.2. The van der Waals surface area contributed by atoms with Gasteiger partial charge in [-0.15, -0.1) is 0 Å². The molecule has 1 atom stereocenters. The highest BCUT2D eigenvalue weighted by Crippen LogP contribution is 2.14. The fourth-order valence-corrected chi connectivity index (χ4v) is 1.93. The predicted octanol–water partition coefficient (Wildman–Crippen LogP) is 1.34. The quantitative estimate of drug-likeness (QED) is 0.686. The van der Waals surface area contributed by atoms with E-state index in [2.05, 4.69) is 5.32 Å². The summed E-state index contributed by atoms with van der Waals surface area (Å²) in [7, 11) is 0. The van der Waals surface area contributed by atoms with Crippen molar-refractivity contribution in [3.63, 3.8) is 0 Å². The Balaban J connectivity index is 2.81. The Labute approximate surface area is 114 Å². The van der Waals surface area contributed by atoms with Crippen LogP contribution in [0.1, 0.15) is 16.8 Å². The lowest BCUT2D eigenvalue weighted by atomic mass is 10.1. The summed E-state index contributed by atoms with van der Waals surface area (Å²) in [5, 5.41) is 11.3. The molecule has 4 N–H and O–H groups in total. The number of nitrogen functional groups attached to an aromatic ring is 1. The number of carboxylic acid groups (broad SMARTS) is 1. The van der Waals surface area contributed by atoms with Gasteiger partial charge in [0.05, 0.1) is 5.56 Å². The number of nitrogens with one attached hydrogen (secondary N) is 1. The maximum atomic E-state index is 13.1. The van der Waals surface area contributed by atoms with Crippen LogP contribution in [0.5, 0.6) is 0 Å². The van der Waals surface area contributed by atoms with E-state index in [9.17, 15) is 14.0 Å². The molecule has 0 unspecified atom stereocenters. The van der Waals surface area contributed by atoms with E-state index in [1.807, 2.05) is 6.26 Å². The molecule has 0 fully saturated rings. The third-order valence-electron chi connectivity index (χ3n) is 2.47. The maximum absolute atomic E-state index is 13.1. The minimum absolute atomic E-state index is 0.0598. The summed E-state index contributed by atoms with van der Waals surface area (Å²) in [6, 6.07) is 2.37. The molecule has 0 heterocycles. The van der Waals surface area contributed by atoms with Crippen LogP contribution in [0.3, 0.4) is 0 Å². The summed E-state index contributed by atoms with van der Waals surface area (Å²) in [5.74, 6) is -1.83. The van der Waals surface area contributed by atoms with Gasteiger partial charge in [-0.25, -0.2) is 9.18 Å². The van der Waals surface area contributed by atoms with E-state index in [1.165, 1.54) is 17.8 Å². The Kier molecular flexibility index (Phi) is 5.62. The third-order valence-corrected chi connectivity index (χ3v) is 3.12. The summed E-state index contributed by atoms with van der Waals surface area (Å²) < 4.78 is 13.1. The van der Waals surface area contributed by atoms with E-state index >= 15 is 0 Å². The van der Waals surface area contributed by atoms with Gasteiger partial charge in [0, 0.05) is 5.69 Å². The Morgan fingerprint density at radius 3 is 2.79 bits per heavy atom. The molecule has 0 aliphatic heterocycles. The zero-order valence-corrected chi connectivity index (χ0v) is 11.2. The number of rotatable bonds is 6. The van der Waals surface area contributed by atoms with Crippen LogP contribution in [0.4, 0.5) is 10.1 Å².